The summed E-state index contributed by atoms with van der Waals surface area (Å²) in [5.74, 6) is -0.0293. The number of hydrogen-bond donors (Lipinski definition) is 1. The van der Waals surface area contributed by atoms with Crippen LogP contribution in [0.5, 0.6) is 0 Å². The zero-order valence-corrected chi connectivity index (χ0v) is 17.2. The summed E-state index contributed by atoms with van der Waals surface area (Å²) in [6, 6.07) is 4.83. The van der Waals surface area contributed by atoms with Gasteiger partial charge in [-0.3, -0.25) is 4.79 Å². The lowest BCUT2D eigenvalue weighted by Gasteiger charge is -2.02. The van der Waals surface area contributed by atoms with Crippen LogP contribution in [0.25, 0.3) is 10.2 Å². The SMILES string of the molecule is CCCCCCCCCCC(=O)Nc1nc2ccc(S(C)(=O)=O)cc2s1. The topological polar surface area (TPSA) is 76.1 Å². The number of hydrogen-bond acceptors (Lipinski definition) is 5. The number of anilines is 1. The number of sulfone groups is 1. The van der Waals surface area contributed by atoms with E-state index < -0.39 is 9.84 Å². The monoisotopic (exact) mass is 396 g/mol. The van der Waals surface area contributed by atoms with E-state index in [1.807, 2.05) is 0 Å². The third-order valence-corrected chi connectivity index (χ3v) is 6.34. The average Bonchev–Trinajstić information content (AvgIpc) is 2.97. The van der Waals surface area contributed by atoms with Gasteiger partial charge in [0.15, 0.2) is 15.0 Å². The normalized spacial score (nSPS) is 11.8. The first-order valence-corrected chi connectivity index (χ1v) is 12.0. The number of thiazole rings is 1. The fourth-order valence-corrected chi connectivity index (χ4v) is 4.43. The van der Waals surface area contributed by atoms with Gasteiger partial charge in [-0.1, -0.05) is 63.2 Å². The van der Waals surface area contributed by atoms with Crippen molar-refractivity contribution in [2.45, 2.75) is 69.6 Å². The van der Waals surface area contributed by atoms with Crippen LogP contribution in [0.3, 0.4) is 0 Å². The van der Waals surface area contributed by atoms with Crippen molar-refractivity contribution in [1.29, 1.82) is 0 Å². The van der Waals surface area contributed by atoms with Crippen LogP contribution >= 0.6 is 11.3 Å². The Bertz CT molecular complexity index is 828. The molecule has 0 aliphatic rings. The van der Waals surface area contributed by atoms with Gasteiger partial charge in [-0.15, -0.1) is 0 Å². The van der Waals surface area contributed by atoms with Crippen molar-refractivity contribution >= 4 is 42.4 Å². The zero-order chi connectivity index (χ0) is 19.0. The zero-order valence-electron chi connectivity index (χ0n) is 15.6. The fourth-order valence-electron chi connectivity index (χ4n) is 2.79. The van der Waals surface area contributed by atoms with Crippen LogP contribution in [-0.2, 0) is 14.6 Å². The Morgan fingerprint density at radius 1 is 1.08 bits per heavy atom. The Hall–Kier alpha value is -1.47. The van der Waals surface area contributed by atoms with E-state index in [4.69, 9.17) is 0 Å². The molecule has 2 aromatic rings. The number of amides is 1. The average molecular weight is 397 g/mol. The largest absolute Gasteiger partial charge is 0.302 e. The standard InChI is InChI=1S/C19H28N2O3S2/c1-3-4-5-6-7-8-9-10-11-18(22)21-19-20-16-13-12-15(26(2,23)24)14-17(16)25-19/h12-14H,3-11H2,1-2H3,(H,20,21,22). The molecule has 0 bridgehead atoms. The summed E-state index contributed by atoms with van der Waals surface area (Å²) < 4.78 is 24.0. The fraction of sp³-hybridized carbons (Fsp3) is 0.579. The summed E-state index contributed by atoms with van der Waals surface area (Å²) in [7, 11) is -3.24. The summed E-state index contributed by atoms with van der Waals surface area (Å²) in [6.07, 6.45) is 11.3. The smallest absolute Gasteiger partial charge is 0.226 e. The van der Waals surface area contributed by atoms with E-state index in [0.717, 1.165) is 17.5 Å². The van der Waals surface area contributed by atoms with E-state index in [1.54, 1.807) is 18.2 Å². The number of rotatable bonds is 11. The number of carbonyl (C=O) groups is 1. The molecular formula is C19H28N2O3S2. The molecule has 0 unspecified atom stereocenters. The molecule has 144 valence electrons. The van der Waals surface area contributed by atoms with Crippen molar-refractivity contribution in [3.05, 3.63) is 18.2 Å². The predicted octanol–water partition coefficient (Wildman–Crippen LogP) is 5.17. The molecule has 1 heterocycles. The summed E-state index contributed by atoms with van der Waals surface area (Å²) in [4.78, 5) is 16.7. The quantitative estimate of drug-likeness (QED) is 0.532. The van der Waals surface area contributed by atoms with Crippen molar-refractivity contribution < 1.29 is 13.2 Å². The molecule has 0 atom stereocenters. The van der Waals surface area contributed by atoms with Crippen LogP contribution in [-0.4, -0.2) is 25.6 Å². The minimum atomic E-state index is -3.24. The van der Waals surface area contributed by atoms with Crippen LogP contribution in [0.15, 0.2) is 23.1 Å². The molecule has 2 rings (SSSR count). The van der Waals surface area contributed by atoms with E-state index >= 15 is 0 Å². The Labute approximate surface area is 160 Å². The van der Waals surface area contributed by atoms with Gasteiger partial charge >= 0.3 is 0 Å². The van der Waals surface area contributed by atoms with Gasteiger partial charge in [0.1, 0.15) is 0 Å². The van der Waals surface area contributed by atoms with E-state index in [1.165, 1.54) is 56.1 Å². The van der Waals surface area contributed by atoms with Gasteiger partial charge < -0.3 is 5.32 Å². The first kappa shape index (κ1) is 20.8. The molecule has 1 amide bonds. The van der Waals surface area contributed by atoms with Gasteiger partial charge in [-0.25, -0.2) is 13.4 Å². The lowest BCUT2D eigenvalue weighted by Crippen LogP contribution is -2.10. The van der Waals surface area contributed by atoms with Crippen LogP contribution in [0.4, 0.5) is 5.13 Å². The highest BCUT2D eigenvalue weighted by Crippen LogP contribution is 2.28. The number of unbranched alkanes of at least 4 members (excludes halogenated alkanes) is 7. The summed E-state index contributed by atoms with van der Waals surface area (Å²) in [6.45, 7) is 2.22. The number of carbonyl (C=O) groups excluding carboxylic acids is 1. The predicted molar refractivity (Wildman–Crippen MR) is 109 cm³/mol. The van der Waals surface area contributed by atoms with Gasteiger partial charge in [0.2, 0.25) is 5.91 Å². The maximum Gasteiger partial charge on any atom is 0.226 e. The van der Waals surface area contributed by atoms with Crippen molar-refractivity contribution in [2.75, 3.05) is 11.6 Å². The minimum Gasteiger partial charge on any atom is -0.302 e. The van der Waals surface area contributed by atoms with Crippen LogP contribution in [0, 0.1) is 0 Å². The minimum absolute atomic E-state index is 0.0293. The van der Waals surface area contributed by atoms with Crippen LogP contribution < -0.4 is 5.32 Å². The highest BCUT2D eigenvalue weighted by molar-refractivity contribution is 7.90. The van der Waals surface area contributed by atoms with Crippen molar-refractivity contribution in [1.82, 2.24) is 4.98 Å². The second-order valence-corrected chi connectivity index (χ2v) is 9.74. The third-order valence-electron chi connectivity index (χ3n) is 4.29. The third kappa shape index (κ3) is 6.68. The van der Waals surface area contributed by atoms with Gasteiger partial charge in [-0.05, 0) is 24.6 Å². The molecule has 7 heteroatoms. The summed E-state index contributed by atoms with van der Waals surface area (Å²) in [5.41, 5.74) is 0.699. The maximum atomic E-state index is 12.0. The van der Waals surface area contributed by atoms with Gasteiger partial charge in [-0.2, -0.15) is 0 Å². The molecule has 0 radical (unpaired) electrons. The molecule has 1 N–H and O–H groups in total. The second kappa shape index (κ2) is 10.0. The maximum absolute atomic E-state index is 12.0. The van der Waals surface area contributed by atoms with Crippen molar-refractivity contribution in [3.63, 3.8) is 0 Å². The Kier molecular flexibility index (Phi) is 8.03. The first-order valence-electron chi connectivity index (χ1n) is 9.30. The highest BCUT2D eigenvalue weighted by Gasteiger charge is 2.12. The first-order chi connectivity index (χ1) is 12.4. The van der Waals surface area contributed by atoms with Crippen molar-refractivity contribution in [2.24, 2.45) is 0 Å². The van der Waals surface area contributed by atoms with Crippen LogP contribution in [0.1, 0.15) is 64.7 Å². The van der Waals surface area contributed by atoms with Crippen LogP contribution in [0.2, 0.25) is 0 Å². The number of benzene rings is 1. The molecular weight excluding hydrogens is 368 g/mol. The van der Waals surface area contributed by atoms with Crippen molar-refractivity contribution in [3.8, 4) is 0 Å². The number of aromatic nitrogens is 1. The molecule has 5 nitrogen and oxygen atoms in total. The van der Waals surface area contributed by atoms with E-state index in [9.17, 15) is 13.2 Å². The molecule has 0 spiro atoms. The Morgan fingerprint density at radius 3 is 2.38 bits per heavy atom. The lowest BCUT2D eigenvalue weighted by atomic mass is 10.1. The van der Waals surface area contributed by atoms with Gasteiger partial charge in [0.05, 0.1) is 15.1 Å². The lowest BCUT2D eigenvalue weighted by molar-refractivity contribution is -0.116. The highest BCUT2D eigenvalue weighted by atomic mass is 32.2. The number of nitrogens with one attached hydrogen (secondary N) is 1. The Balaban J connectivity index is 1.77. The molecule has 0 aliphatic carbocycles. The van der Waals surface area contributed by atoms with E-state index in [0.29, 0.717) is 17.1 Å². The summed E-state index contributed by atoms with van der Waals surface area (Å²) in [5, 5.41) is 3.35. The Morgan fingerprint density at radius 2 is 1.73 bits per heavy atom. The van der Waals surface area contributed by atoms with Gasteiger partial charge in [0, 0.05) is 12.7 Å². The second-order valence-electron chi connectivity index (χ2n) is 6.69. The summed E-state index contributed by atoms with van der Waals surface area (Å²) >= 11 is 1.30. The van der Waals surface area contributed by atoms with E-state index in [-0.39, 0.29) is 10.8 Å². The van der Waals surface area contributed by atoms with Gasteiger partial charge in [0.25, 0.3) is 0 Å². The molecule has 0 fully saturated rings. The van der Waals surface area contributed by atoms with E-state index in [2.05, 4.69) is 17.2 Å². The molecule has 0 aliphatic heterocycles. The molecule has 0 saturated carbocycles. The molecule has 26 heavy (non-hydrogen) atoms. The number of nitrogens with zero attached hydrogens (tertiary/aromatic N) is 1. The molecule has 0 saturated heterocycles. The molecule has 1 aromatic carbocycles. The molecule has 1 aromatic heterocycles. The number of fused-ring (bicyclic) bond motifs is 1.